The quantitative estimate of drug-likeness (QED) is 0.783. The summed E-state index contributed by atoms with van der Waals surface area (Å²) in [5.41, 5.74) is 0.902. The fourth-order valence-corrected chi connectivity index (χ4v) is 5.95. The molecule has 22 heavy (non-hydrogen) atoms. The van der Waals surface area contributed by atoms with Gasteiger partial charge in [0.05, 0.1) is 0 Å². The van der Waals surface area contributed by atoms with Gasteiger partial charge in [-0.2, -0.15) is 0 Å². The maximum atomic E-state index is 12.7. The number of hydrogen-bond donors (Lipinski definition) is 0. The van der Waals surface area contributed by atoms with E-state index >= 15 is 0 Å². The van der Waals surface area contributed by atoms with Crippen LogP contribution in [0, 0.1) is 12.3 Å². The lowest BCUT2D eigenvalue weighted by atomic mass is 9.92. The molecule has 0 fully saturated rings. The van der Waals surface area contributed by atoms with Gasteiger partial charge in [-0.25, -0.2) is 0 Å². The molecule has 0 aromatic heterocycles. The minimum absolute atomic E-state index is 0.218. The molecule has 0 aliphatic rings. The molecular weight excluding hydrogens is 287 g/mol. The number of carbonyl (C=O) groups is 1. The van der Waals surface area contributed by atoms with Crippen molar-refractivity contribution in [2.45, 2.75) is 27.7 Å². The second-order valence-corrected chi connectivity index (χ2v) is 10.3. The van der Waals surface area contributed by atoms with Crippen LogP contribution in [0.15, 0.2) is 54.6 Å². The highest BCUT2D eigenvalue weighted by molar-refractivity contribution is 7.88. The molecule has 2 rings (SSSR count). The van der Waals surface area contributed by atoms with Gasteiger partial charge in [-0.3, -0.25) is 4.79 Å². The molecule has 1 nitrogen and oxygen atoms in total. The standard InChI is InChI=1S/C20H25OP/c1-16-11-9-10-14-18(16)22(5,15-19(21)20(2,3)4)17-12-7-6-8-13-17/h6-15H,1-5H3. The van der Waals surface area contributed by atoms with Gasteiger partial charge in [-0.15, -0.1) is 0 Å². The van der Waals surface area contributed by atoms with Crippen LogP contribution in [-0.2, 0) is 4.79 Å². The molecular formula is C20H25OP. The van der Waals surface area contributed by atoms with Gasteiger partial charge in [-0.05, 0) is 42.4 Å². The smallest absolute Gasteiger partial charge is 0.161 e. The van der Waals surface area contributed by atoms with Gasteiger partial charge in [-0.1, -0.05) is 75.4 Å². The fraction of sp³-hybridized carbons (Fsp3) is 0.300. The lowest BCUT2D eigenvalue weighted by molar-refractivity contribution is -0.118. The van der Waals surface area contributed by atoms with E-state index in [2.05, 4.69) is 62.1 Å². The normalized spacial score (nSPS) is 14.2. The zero-order valence-electron chi connectivity index (χ0n) is 14.1. The number of aryl methyl sites for hydroxylation is 1. The molecule has 2 aromatic carbocycles. The predicted octanol–water partition coefficient (Wildman–Crippen LogP) is 4.01. The van der Waals surface area contributed by atoms with Gasteiger partial charge in [0.25, 0.3) is 0 Å². The SMILES string of the molecule is Cc1ccccc1P(C)(=CC(=O)C(C)(C)C)c1ccccc1. The zero-order chi connectivity index (χ0) is 16.4. The highest BCUT2D eigenvalue weighted by atomic mass is 31.2. The first-order chi connectivity index (χ1) is 10.2. The Morgan fingerprint density at radius 3 is 2.05 bits per heavy atom. The Bertz CT molecular complexity index is 721. The van der Waals surface area contributed by atoms with E-state index in [1.807, 2.05) is 32.6 Å². The summed E-state index contributed by atoms with van der Waals surface area (Å²) < 4.78 is 0. The Morgan fingerprint density at radius 2 is 1.50 bits per heavy atom. The van der Waals surface area contributed by atoms with E-state index in [1.54, 1.807) is 0 Å². The summed E-state index contributed by atoms with van der Waals surface area (Å²) in [6.07, 6.45) is 0. The molecule has 1 atom stereocenters. The van der Waals surface area contributed by atoms with Gasteiger partial charge in [0.1, 0.15) is 0 Å². The molecule has 2 aromatic rings. The third-order valence-corrected chi connectivity index (χ3v) is 7.65. The van der Waals surface area contributed by atoms with Crippen molar-refractivity contribution in [3.8, 4) is 0 Å². The highest BCUT2D eigenvalue weighted by Gasteiger charge is 2.25. The molecule has 0 N–H and O–H groups in total. The summed E-state index contributed by atoms with van der Waals surface area (Å²) >= 11 is 0. The van der Waals surface area contributed by atoms with Crippen LogP contribution in [0.4, 0.5) is 0 Å². The summed E-state index contributed by atoms with van der Waals surface area (Å²) in [4.78, 5) is 12.7. The fourth-order valence-electron chi connectivity index (χ4n) is 2.53. The third kappa shape index (κ3) is 3.42. The third-order valence-electron chi connectivity index (χ3n) is 4.02. The van der Waals surface area contributed by atoms with Crippen molar-refractivity contribution in [3.05, 3.63) is 60.2 Å². The van der Waals surface area contributed by atoms with Gasteiger partial charge >= 0.3 is 0 Å². The van der Waals surface area contributed by atoms with Gasteiger partial charge in [0.15, 0.2) is 5.78 Å². The summed E-state index contributed by atoms with van der Waals surface area (Å²) in [7, 11) is 0. The second-order valence-electron chi connectivity index (χ2n) is 6.94. The lowest BCUT2D eigenvalue weighted by Crippen LogP contribution is -2.27. The first-order valence-corrected chi connectivity index (χ1v) is 9.94. The first-order valence-electron chi connectivity index (χ1n) is 7.63. The van der Waals surface area contributed by atoms with Crippen LogP contribution in [-0.4, -0.2) is 18.2 Å². The van der Waals surface area contributed by atoms with Crippen molar-refractivity contribution in [2.24, 2.45) is 5.41 Å². The van der Waals surface area contributed by atoms with E-state index in [0.717, 1.165) is 0 Å². The van der Waals surface area contributed by atoms with Gasteiger partial charge in [0.2, 0.25) is 0 Å². The maximum Gasteiger partial charge on any atom is 0.161 e. The van der Waals surface area contributed by atoms with E-state index < -0.39 is 6.89 Å². The monoisotopic (exact) mass is 312 g/mol. The van der Waals surface area contributed by atoms with Crippen molar-refractivity contribution < 1.29 is 4.79 Å². The molecule has 0 aliphatic carbocycles. The molecule has 0 saturated heterocycles. The Kier molecular flexibility index (Phi) is 4.78. The second kappa shape index (κ2) is 6.26. The topological polar surface area (TPSA) is 17.1 Å². The van der Waals surface area contributed by atoms with Crippen LogP contribution >= 0.6 is 6.89 Å². The van der Waals surface area contributed by atoms with Crippen molar-refractivity contribution in [1.82, 2.24) is 0 Å². The van der Waals surface area contributed by atoms with Crippen LogP contribution in [0.25, 0.3) is 0 Å². The molecule has 0 saturated carbocycles. The summed E-state index contributed by atoms with van der Waals surface area (Å²) in [6.45, 7) is 8.49. The number of carbonyl (C=O) groups excluding carboxylic acids is 1. The Labute approximate surface area is 134 Å². The van der Waals surface area contributed by atoms with Gasteiger partial charge < -0.3 is 0 Å². The summed E-state index contributed by atoms with van der Waals surface area (Å²) in [5, 5.41) is 2.54. The van der Waals surface area contributed by atoms with E-state index in [1.165, 1.54) is 16.2 Å². The number of Topliss-reactive ketones (excluding diaryl/α,β-unsaturated/α-hetero) is 1. The van der Waals surface area contributed by atoms with Crippen LogP contribution in [0.1, 0.15) is 26.3 Å². The molecule has 116 valence electrons. The zero-order valence-corrected chi connectivity index (χ0v) is 15.0. The molecule has 1 unspecified atom stereocenters. The van der Waals surface area contributed by atoms with Crippen molar-refractivity contribution in [1.29, 1.82) is 0 Å². The van der Waals surface area contributed by atoms with Crippen molar-refractivity contribution >= 4 is 29.1 Å². The number of hydrogen-bond acceptors (Lipinski definition) is 1. The van der Waals surface area contributed by atoms with Crippen LogP contribution in [0.2, 0.25) is 0 Å². The van der Waals surface area contributed by atoms with Crippen LogP contribution in [0.5, 0.6) is 0 Å². The van der Waals surface area contributed by atoms with Crippen LogP contribution in [0.3, 0.4) is 0 Å². The van der Waals surface area contributed by atoms with E-state index in [9.17, 15) is 4.79 Å². The van der Waals surface area contributed by atoms with Crippen molar-refractivity contribution in [3.63, 3.8) is 0 Å². The Hall–Kier alpha value is -1.59. The number of benzene rings is 2. The molecule has 0 bridgehead atoms. The average molecular weight is 312 g/mol. The van der Waals surface area contributed by atoms with E-state index in [4.69, 9.17) is 0 Å². The Morgan fingerprint density at radius 1 is 0.955 bits per heavy atom. The molecule has 0 aliphatic heterocycles. The van der Waals surface area contributed by atoms with Crippen LogP contribution < -0.4 is 10.6 Å². The number of rotatable bonds is 3. The maximum absolute atomic E-state index is 12.7. The molecule has 0 amide bonds. The number of ketones is 1. The first kappa shape index (κ1) is 16.8. The molecule has 2 heteroatoms. The average Bonchev–Trinajstić information content (AvgIpc) is 2.47. The Balaban J connectivity index is 2.74. The van der Waals surface area contributed by atoms with Gasteiger partial charge in [0, 0.05) is 5.41 Å². The summed E-state index contributed by atoms with van der Waals surface area (Å²) in [6, 6.07) is 18.9. The molecule has 0 radical (unpaired) electrons. The molecule has 0 heterocycles. The van der Waals surface area contributed by atoms with E-state index in [0.29, 0.717) is 0 Å². The largest absolute Gasteiger partial charge is 0.294 e. The predicted molar refractivity (Wildman–Crippen MR) is 100 cm³/mol. The minimum Gasteiger partial charge on any atom is -0.294 e. The van der Waals surface area contributed by atoms with E-state index in [-0.39, 0.29) is 11.2 Å². The minimum atomic E-state index is -1.84. The van der Waals surface area contributed by atoms with Crippen molar-refractivity contribution in [2.75, 3.05) is 6.66 Å². The summed E-state index contributed by atoms with van der Waals surface area (Å²) in [5.74, 6) is 2.22. The lowest BCUT2D eigenvalue weighted by Gasteiger charge is -2.26. The molecule has 0 spiro atoms. The highest BCUT2D eigenvalue weighted by Crippen LogP contribution is 2.42.